The molecule has 130 valence electrons. The molecule has 0 spiro atoms. The minimum Gasteiger partial charge on any atom is -0.462 e. The maximum atomic E-state index is 11.8. The molecule has 3 heteroatoms. The predicted octanol–water partition coefficient (Wildman–Crippen LogP) is 4.23. The van der Waals surface area contributed by atoms with Crippen LogP contribution < -0.4 is 0 Å². The van der Waals surface area contributed by atoms with Gasteiger partial charge in [-0.3, -0.25) is 9.59 Å². The van der Waals surface area contributed by atoms with Crippen LogP contribution in [0, 0.1) is 28.6 Å². The Balaban J connectivity index is 1.67. The second-order valence-electron chi connectivity index (χ2n) is 8.85. The van der Waals surface area contributed by atoms with Crippen molar-refractivity contribution in [1.82, 2.24) is 0 Å². The van der Waals surface area contributed by atoms with Crippen molar-refractivity contribution in [2.45, 2.75) is 65.4 Å². The molecule has 0 aromatic carbocycles. The first-order valence-electron chi connectivity index (χ1n) is 9.45. The van der Waals surface area contributed by atoms with Crippen molar-refractivity contribution in [1.29, 1.82) is 0 Å². The monoisotopic (exact) mass is 328 g/mol. The molecule has 0 N–H and O–H groups in total. The Bertz CT molecular complexity index is 645. The third kappa shape index (κ3) is 2.16. The predicted molar refractivity (Wildman–Crippen MR) is 92.2 cm³/mol. The molecule has 0 heterocycles. The molecule has 0 unspecified atom stereocenters. The topological polar surface area (TPSA) is 43.4 Å². The molecule has 0 aliphatic heterocycles. The molecule has 4 aliphatic carbocycles. The van der Waals surface area contributed by atoms with Gasteiger partial charge in [-0.2, -0.15) is 0 Å². The maximum absolute atomic E-state index is 11.8. The fourth-order valence-corrected chi connectivity index (χ4v) is 6.34. The highest BCUT2D eigenvalue weighted by molar-refractivity contribution is 5.92. The van der Waals surface area contributed by atoms with E-state index in [-0.39, 0.29) is 28.7 Å². The van der Waals surface area contributed by atoms with E-state index in [0.717, 1.165) is 25.7 Å². The Morgan fingerprint density at radius 1 is 1.17 bits per heavy atom. The highest BCUT2D eigenvalue weighted by atomic mass is 16.5. The van der Waals surface area contributed by atoms with Crippen LogP contribution >= 0.6 is 0 Å². The van der Waals surface area contributed by atoms with Crippen LogP contribution in [0.25, 0.3) is 0 Å². The summed E-state index contributed by atoms with van der Waals surface area (Å²) in [5.74, 6) is 1.90. The number of ketones is 1. The lowest BCUT2D eigenvalue weighted by Crippen LogP contribution is -2.50. The van der Waals surface area contributed by atoms with Gasteiger partial charge in [0.15, 0.2) is 5.78 Å². The summed E-state index contributed by atoms with van der Waals surface area (Å²) in [6.07, 6.45) is 12.7. The number of hydrogen-bond donors (Lipinski definition) is 0. The quantitative estimate of drug-likeness (QED) is 0.677. The summed E-state index contributed by atoms with van der Waals surface area (Å²) in [6.45, 7) is 6.23. The van der Waals surface area contributed by atoms with Crippen LogP contribution in [0.3, 0.4) is 0 Å². The molecule has 0 aromatic heterocycles. The summed E-state index contributed by atoms with van der Waals surface area (Å²) in [4.78, 5) is 23.3. The number of fused-ring (bicyclic) bond motifs is 5. The summed E-state index contributed by atoms with van der Waals surface area (Å²) < 4.78 is 5.69. The SMILES string of the molecule is CC(=O)O[C@H]1CC[C@H]2[C@@H]3C=CC4=CC(=O)CC[C@]4(C)[C@H]3CC[C@]12C. The van der Waals surface area contributed by atoms with Gasteiger partial charge in [-0.1, -0.05) is 26.0 Å². The van der Waals surface area contributed by atoms with Crippen molar-refractivity contribution in [3.05, 3.63) is 23.8 Å². The molecular formula is C21H28O3. The lowest BCUT2D eigenvalue weighted by atomic mass is 9.49. The van der Waals surface area contributed by atoms with Crippen LogP contribution in [0.15, 0.2) is 23.8 Å². The van der Waals surface area contributed by atoms with Crippen LogP contribution in [0.2, 0.25) is 0 Å². The van der Waals surface area contributed by atoms with E-state index in [1.54, 1.807) is 0 Å². The van der Waals surface area contributed by atoms with Crippen LogP contribution in [0.5, 0.6) is 0 Å². The van der Waals surface area contributed by atoms with E-state index >= 15 is 0 Å². The van der Waals surface area contributed by atoms with Gasteiger partial charge >= 0.3 is 5.97 Å². The van der Waals surface area contributed by atoms with Crippen molar-refractivity contribution in [3.63, 3.8) is 0 Å². The number of carbonyl (C=O) groups excluding carboxylic acids is 2. The first-order valence-corrected chi connectivity index (χ1v) is 9.45. The van der Waals surface area contributed by atoms with Crippen LogP contribution in [0.4, 0.5) is 0 Å². The average Bonchev–Trinajstić information content (AvgIpc) is 2.84. The summed E-state index contributed by atoms with van der Waals surface area (Å²) in [5.41, 5.74) is 1.51. The van der Waals surface area contributed by atoms with Crippen LogP contribution in [-0.4, -0.2) is 17.9 Å². The molecule has 4 aliphatic rings. The third-order valence-corrected chi connectivity index (χ3v) is 7.74. The van der Waals surface area contributed by atoms with Gasteiger partial charge in [0.05, 0.1) is 0 Å². The number of ether oxygens (including phenoxy) is 1. The van der Waals surface area contributed by atoms with E-state index in [2.05, 4.69) is 26.0 Å². The maximum Gasteiger partial charge on any atom is 0.302 e. The fourth-order valence-electron chi connectivity index (χ4n) is 6.34. The number of esters is 1. The van der Waals surface area contributed by atoms with E-state index in [9.17, 15) is 9.59 Å². The molecule has 0 bridgehead atoms. The Morgan fingerprint density at radius 2 is 1.96 bits per heavy atom. The van der Waals surface area contributed by atoms with Gasteiger partial charge in [0.2, 0.25) is 0 Å². The van der Waals surface area contributed by atoms with Gasteiger partial charge in [-0.25, -0.2) is 0 Å². The van der Waals surface area contributed by atoms with Gasteiger partial charge < -0.3 is 4.74 Å². The number of carbonyl (C=O) groups is 2. The molecule has 6 atom stereocenters. The van der Waals surface area contributed by atoms with Crippen LogP contribution in [0.1, 0.15) is 59.3 Å². The molecule has 0 amide bonds. The smallest absolute Gasteiger partial charge is 0.302 e. The molecule has 0 radical (unpaired) electrons. The Hall–Kier alpha value is -1.38. The Kier molecular flexibility index (Phi) is 3.56. The highest BCUT2D eigenvalue weighted by Crippen LogP contribution is 2.64. The molecule has 2 fully saturated rings. The Labute approximate surface area is 144 Å². The fraction of sp³-hybridized carbons (Fsp3) is 0.714. The summed E-state index contributed by atoms with van der Waals surface area (Å²) in [5, 5.41) is 0. The van der Waals surface area contributed by atoms with Crippen molar-refractivity contribution in [3.8, 4) is 0 Å². The lowest BCUT2D eigenvalue weighted by Gasteiger charge is -2.55. The average molecular weight is 328 g/mol. The van der Waals surface area contributed by atoms with Crippen molar-refractivity contribution in [2.75, 3.05) is 0 Å². The molecule has 2 saturated carbocycles. The second kappa shape index (κ2) is 5.31. The highest BCUT2D eigenvalue weighted by Gasteiger charge is 2.58. The van der Waals surface area contributed by atoms with Crippen LogP contribution in [-0.2, 0) is 14.3 Å². The zero-order valence-electron chi connectivity index (χ0n) is 15.0. The summed E-state index contributed by atoms with van der Waals surface area (Å²) in [6, 6.07) is 0. The summed E-state index contributed by atoms with van der Waals surface area (Å²) in [7, 11) is 0. The van der Waals surface area contributed by atoms with Crippen molar-refractivity contribution >= 4 is 11.8 Å². The van der Waals surface area contributed by atoms with Gasteiger partial charge in [0, 0.05) is 18.8 Å². The van der Waals surface area contributed by atoms with E-state index < -0.39 is 0 Å². The summed E-state index contributed by atoms with van der Waals surface area (Å²) >= 11 is 0. The number of hydrogen-bond acceptors (Lipinski definition) is 3. The van der Waals surface area contributed by atoms with Crippen molar-refractivity contribution in [2.24, 2.45) is 28.6 Å². The van der Waals surface area contributed by atoms with E-state index in [1.807, 2.05) is 6.08 Å². The molecule has 4 rings (SSSR count). The zero-order valence-corrected chi connectivity index (χ0v) is 15.0. The van der Waals surface area contributed by atoms with Gasteiger partial charge in [0.25, 0.3) is 0 Å². The molecule has 3 nitrogen and oxygen atoms in total. The normalized spacial score (nSPS) is 46.6. The molecule has 24 heavy (non-hydrogen) atoms. The second-order valence-corrected chi connectivity index (χ2v) is 8.85. The zero-order chi connectivity index (χ0) is 17.1. The standard InChI is InChI=1S/C21H28O3/c1-13(22)24-19-7-6-17-16-5-4-14-12-15(23)8-10-20(14,2)18(16)9-11-21(17,19)3/h4-5,12,16-19H,6-11H2,1-3H3/t16-,17-,18-,19-,20-,21-/m0/s1. The minimum atomic E-state index is -0.147. The lowest BCUT2D eigenvalue weighted by molar-refractivity contribution is -0.155. The molecule has 0 aromatic rings. The van der Waals surface area contributed by atoms with E-state index in [0.29, 0.717) is 24.2 Å². The van der Waals surface area contributed by atoms with E-state index in [4.69, 9.17) is 4.74 Å². The minimum absolute atomic E-state index is 0.0760. The van der Waals surface area contributed by atoms with Gasteiger partial charge in [-0.05, 0) is 66.9 Å². The van der Waals surface area contributed by atoms with Gasteiger partial charge in [-0.15, -0.1) is 0 Å². The van der Waals surface area contributed by atoms with Crippen molar-refractivity contribution < 1.29 is 14.3 Å². The largest absolute Gasteiger partial charge is 0.462 e. The molecular weight excluding hydrogens is 300 g/mol. The third-order valence-electron chi connectivity index (χ3n) is 7.74. The first kappa shape index (κ1) is 16.1. The first-order chi connectivity index (χ1) is 11.3. The Morgan fingerprint density at radius 3 is 2.71 bits per heavy atom. The van der Waals surface area contributed by atoms with E-state index in [1.165, 1.54) is 18.9 Å². The number of allylic oxidation sites excluding steroid dienone is 4. The van der Waals surface area contributed by atoms with Gasteiger partial charge in [0.1, 0.15) is 6.10 Å². The number of rotatable bonds is 1. The molecule has 0 saturated heterocycles.